The summed E-state index contributed by atoms with van der Waals surface area (Å²) in [5.41, 5.74) is 1.63. The number of aryl methyl sites for hydroxylation is 2. The molecule has 1 aromatic heterocycles. The van der Waals surface area contributed by atoms with Crippen LogP contribution in [0.1, 0.15) is 32.2 Å². The van der Waals surface area contributed by atoms with Crippen molar-refractivity contribution in [2.45, 2.75) is 40.8 Å². The third-order valence-corrected chi connectivity index (χ3v) is 5.68. The van der Waals surface area contributed by atoms with Gasteiger partial charge in [-0.3, -0.25) is 19.2 Å². The molecule has 2 amide bonds. The zero-order chi connectivity index (χ0) is 14.8. The van der Waals surface area contributed by atoms with E-state index in [9.17, 15) is 9.59 Å². The Morgan fingerprint density at radius 3 is 2.30 bits per heavy atom. The number of imide groups is 1. The van der Waals surface area contributed by atoms with Gasteiger partial charge in [-0.25, -0.2) is 0 Å². The summed E-state index contributed by atoms with van der Waals surface area (Å²) >= 11 is 3.51. The summed E-state index contributed by atoms with van der Waals surface area (Å²) in [5, 5.41) is 4.40. The average Bonchev–Trinajstić information content (AvgIpc) is 2.72. The number of aromatic nitrogens is 2. The van der Waals surface area contributed by atoms with Crippen LogP contribution in [-0.2, 0) is 22.7 Å². The fourth-order valence-corrected chi connectivity index (χ4v) is 3.74. The van der Waals surface area contributed by atoms with Gasteiger partial charge in [0.1, 0.15) is 0 Å². The van der Waals surface area contributed by atoms with Crippen molar-refractivity contribution in [3.63, 3.8) is 0 Å². The highest BCUT2D eigenvalue weighted by Gasteiger charge is 2.72. The van der Waals surface area contributed by atoms with Gasteiger partial charge in [-0.2, -0.15) is 5.10 Å². The Morgan fingerprint density at radius 1 is 1.25 bits per heavy atom. The van der Waals surface area contributed by atoms with E-state index in [1.165, 1.54) is 4.90 Å². The summed E-state index contributed by atoms with van der Waals surface area (Å²) < 4.78 is 2.73. The molecular formula is C14H18BrN3O2. The van der Waals surface area contributed by atoms with Gasteiger partial charge in [0.05, 0.1) is 34.2 Å². The second-order valence-electron chi connectivity index (χ2n) is 6.20. The molecule has 0 radical (unpaired) electrons. The summed E-state index contributed by atoms with van der Waals surface area (Å²) in [5.74, 6) is -0.294. The quantitative estimate of drug-likeness (QED) is 0.792. The monoisotopic (exact) mass is 339 g/mol. The Balaban J connectivity index is 1.87. The lowest BCUT2D eigenvalue weighted by Gasteiger charge is -2.21. The van der Waals surface area contributed by atoms with Crippen molar-refractivity contribution in [2.75, 3.05) is 0 Å². The van der Waals surface area contributed by atoms with Gasteiger partial charge in [0, 0.05) is 6.54 Å². The largest absolute Gasteiger partial charge is 0.276 e. The molecule has 6 heteroatoms. The van der Waals surface area contributed by atoms with Crippen molar-refractivity contribution in [1.29, 1.82) is 0 Å². The molecule has 2 aliphatic rings. The van der Waals surface area contributed by atoms with Crippen LogP contribution >= 0.6 is 15.9 Å². The highest BCUT2D eigenvalue weighted by Crippen LogP contribution is 2.63. The lowest BCUT2D eigenvalue weighted by molar-refractivity contribution is -0.143. The van der Waals surface area contributed by atoms with Crippen LogP contribution in [0, 0.1) is 24.2 Å². The standard InChI is InChI=1S/C14H18BrN3O2/c1-5-18-8(11(15)7(2)16-18)6-17-12(19)9-10(13(17)20)14(9,3)4/h9-10H,5-6H2,1-4H3. The van der Waals surface area contributed by atoms with Crippen LogP contribution in [0.15, 0.2) is 4.47 Å². The van der Waals surface area contributed by atoms with Crippen LogP contribution < -0.4 is 0 Å². The minimum atomic E-state index is -0.150. The molecule has 2 atom stereocenters. The zero-order valence-corrected chi connectivity index (χ0v) is 13.7. The molecular weight excluding hydrogens is 322 g/mol. The number of carbonyl (C=O) groups excluding carboxylic acids is 2. The Hall–Kier alpha value is -1.17. The second kappa shape index (κ2) is 4.16. The number of fused-ring (bicyclic) bond motifs is 1. The molecule has 0 spiro atoms. The first-order valence-corrected chi connectivity index (χ1v) is 7.67. The lowest BCUT2D eigenvalue weighted by atomic mass is 10.1. The van der Waals surface area contributed by atoms with E-state index < -0.39 is 0 Å². The molecule has 0 aromatic carbocycles. The third-order valence-electron chi connectivity index (χ3n) is 4.65. The van der Waals surface area contributed by atoms with Crippen LogP contribution in [0.2, 0.25) is 0 Å². The minimum absolute atomic E-state index is 0.0293. The number of piperidine rings is 1. The first-order chi connectivity index (χ1) is 9.30. The zero-order valence-electron chi connectivity index (χ0n) is 12.1. The van der Waals surface area contributed by atoms with Crippen molar-refractivity contribution in [3.8, 4) is 0 Å². The molecule has 1 aromatic rings. The summed E-state index contributed by atoms with van der Waals surface area (Å²) in [7, 11) is 0. The average molecular weight is 340 g/mol. The molecule has 1 aliphatic heterocycles. The fraction of sp³-hybridized carbons (Fsp3) is 0.643. The van der Waals surface area contributed by atoms with E-state index >= 15 is 0 Å². The van der Waals surface area contributed by atoms with E-state index in [0.717, 1.165) is 22.4 Å². The van der Waals surface area contributed by atoms with Crippen LogP contribution in [0.3, 0.4) is 0 Å². The normalized spacial score (nSPS) is 27.1. The van der Waals surface area contributed by atoms with Crippen LogP contribution in [0.4, 0.5) is 0 Å². The number of nitrogens with zero attached hydrogens (tertiary/aromatic N) is 3. The summed E-state index contributed by atoms with van der Waals surface area (Å²) in [6, 6.07) is 0. The molecule has 108 valence electrons. The van der Waals surface area contributed by atoms with Crippen molar-refractivity contribution >= 4 is 27.7 Å². The van der Waals surface area contributed by atoms with Gasteiger partial charge in [-0.05, 0) is 35.2 Å². The predicted octanol–water partition coefficient (Wildman–Crippen LogP) is 2.11. The molecule has 1 aliphatic carbocycles. The maximum Gasteiger partial charge on any atom is 0.234 e. The van der Waals surface area contributed by atoms with Crippen molar-refractivity contribution in [2.24, 2.45) is 17.3 Å². The van der Waals surface area contributed by atoms with Crippen molar-refractivity contribution in [1.82, 2.24) is 14.7 Å². The summed E-state index contributed by atoms with van der Waals surface area (Å²) in [4.78, 5) is 26.1. The molecule has 3 rings (SSSR count). The Bertz CT molecular complexity index is 596. The van der Waals surface area contributed by atoms with Gasteiger partial charge in [0.15, 0.2) is 0 Å². The van der Waals surface area contributed by atoms with E-state index in [4.69, 9.17) is 0 Å². The Morgan fingerprint density at radius 2 is 1.80 bits per heavy atom. The van der Waals surface area contributed by atoms with Crippen LogP contribution in [-0.4, -0.2) is 26.5 Å². The molecule has 1 saturated carbocycles. The van der Waals surface area contributed by atoms with Gasteiger partial charge < -0.3 is 0 Å². The minimum Gasteiger partial charge on any atom is -0.276 e. The number of likely N-dealkylation sites (tertiary alicyclic amines) is 1. The van der Waals surface area contributed by atoms with E-state index in [0.29, 0.717) is 6.54 Å². The van der Waals surface area contributed by atoms with Gasteiger partial charge in [-0.1, -0.05) is 13.8 Å². The SMILES string of the molecule is CCn1nc(C)c(Br)c1CN1C(=O)C2C(C1=O)C2(C)C. The van der Waals surface area contributed by atoms with Gasteiger partial charge in [-0.15, -0.1) is 0 Å². The van der Waals surface area contributed by atoms with E-state index in [2.05, 4.69) is 21.0 Å². The van der Waals surface area contributed by atoms with Crippen molar-refractivity contribution < 1.29 is 9.59 Å². The summed E-state index contributed by atoms with van der Waals surface area (Å²) in [6.45, 7) is 8.93. The van der Waals surface area contributed by atoms with Crippen LogP contribution in [0.5, 0.6) is 0 Å². The molecule has 2 unspecified atom stereocenters. The first kappa shape index (κ1) is 13.8. The topological polar surface area (TPSA) is 55.2 Å². The maximum atomic E-state index is 12.4. The number of carbonyl (C=O) groups is 2. The van der Waals surface area contributed by atoms with Gasteiger partial charge in [0.2, 0.25) is 11.8 Å². The van der Waals surface area contributed by atoms with E-state index in [1.807, 2.05) is 32.4 Å². The molecule has 0 N–H and O–H groups in total. The highest BCUT2D eigenvalue weighted by molar-refractivity contribution is 9.10. The van der Waals surface area contributed by atoms with Crippen molar-refractivity contribution in [3.05, 3.63) is 15.9 Å². The molecule has 0 bridgehead atoms. The van der Waals surface area contributed by atoms with E-state index in [1.54, 1.807) is 0 Å². The molecule has 2 fully saturated rings. The maximum absolute atomic E-state index is 12.4. The Labute approximate surface area is 126 Å². The first-order valence-electron chi connectivity index (χ1n) is 6.87. The predicted molar refractivity (Wildman–Crippen MR) is 76.7 cm³/mol. The number of hydrogen-bond donors (Lipinski definition) is 0. The Kier molecular flexibility index (Phi) is 2.87. The van der Waals surface area contributed by atoms with E-state index in [-0.39, 0.29) is 29.1 Å². The molecule has 2 heterocycles. The molecule has 20 heavy (non-hydrogen) atoms. The van der Waals surface area contributed by atoms with Crippen LogP contribution in [0.25, 0.3) is 0 Å². The lowest BCUT2D eigenvalue weighted by Crippen LogP contribution is -2.36. The number of halogens is 1. The molecule has 1 saturated heterocycles. The number of rotatable bonds is 3. The second-order valence-corrected chi connectivity index (χ2v) is 6.99. The van der Waals surface area contributed by atoms with Gasteiger partial charge >= 0.3 is 0 Å². The summed E-state index contributed by atoms with van der Waals surface area (Å²) in [6.07, 6.45) is 0. The van der Waals surface area contributed by atoms with Gasteiger partial charge in [0.25, 0.3) is 0 Å². The number of amides is 2. The highest BCUT2D eigenvalue weighted by atomic mass is 79.9. The molecule has 5 nitrogen and oxygen atoms in total. The number of hydrogen-bond acceptors (Lipinski definition) is 3. The smallest absolute Gasteiger partial charge is 0.234 e. The third kappa shape index (κ3) is 1.63. The fourth-order valence-electron chi connectivity index (χ4n) is 3.33.